The molecule has 1 N–H and O–H groups in total. The molecule has 8 nitrogen and oxygen atoms in total. The first kappa shape index (κ1) is 23.1. The maximum absolute atomic E-state index is 12.7. The number of amides is 1. The highest BCUT2D eigenvalue weighted by atomic mass is 35.5. The molecule has 1 aliphatic heterocycles. The molecule has 1 saturated heterocycles. The molecule has 0 unspecified atom stereocenters. The maximum Gasteiger partial charge on any atom is 0.227 e. The molecule has 0 radical (unpaired) electrons. The van der Waals surface area contributed by atoms with E-state index in [2.05, 4.69) is 32.3 Å². The van der Waals surface area contributed by atoms with Crippen molar-refractivity contribution >= 4 is 28.9 Å². The van der Waals surface area contributed by atoms with Gasteiger partial charge in [0, 0.05) is 49.6 Å². The molecule has 0 atom stereocenters. The molecule has 1 fully saturated rings. The Labute approximate surface area is 198 Å². The molecule has 0 saturated carbocycles. The Bertz CT molecular complexity index is 1080. The highest BCUT2D eigenvalue weighted by molar-refractivity contribution is 6.31. The van der Waals surface area contributed by atoms with Crippen molar-refractivity contribution in [2.24, 2.45) is 0 Å². The lowest BCUT2D eigenvalue weighted by Crippen LogP contribution is -2.44. The third-order valence-corrected chi connectivity index (χ3v) is 5.77. The molecule has 2 heterocycles. The van der Waals surface area contributed by atoms with Crippen LogP contribution in [0, 0.1) is 0 Å². The van der Waals surface area contributed by atoms with Crippen LogP contribution in [0.15, 0.2) is 47.0 Å². The number of ether oxygens (including phenoxy) is 1. The molecule has 174 valence electrons. The van der Waals surface area contributed by atoms with Crippen LogP contribution in [0.4, 0.5) is 11.4 Å². The quantitative estimate of drug-likeness (QED) is 0.531. The standard InChI is InChI=1S/C24H28ClN5O3/c1-3-32-19-7-4-17(5-8-19)24-27-23(33-28-24)11-10-22(31)26-20-16-18(25)6-9-21(20)30-14-12-29(2)13-15-30/h4-9,16H,3,10-15H2,1-2H3,(H,26,31). The molecule has 1 aliphatic rings. The van der Waals surface area contributed by atoms with Crippen molar-refractivity contribution < 1.29 is 14.1 Å². The minimum atomic E-state index is -0.131. The summed E-state index contributed by atoms with van der Waals surface area (Å²) in [6.07, 6.45) is 0.569. The maximum atomic E-state index is 12.7. The molecule has 1 aromatic heterocycles. The summed E-state index contributed by atoms with van der Waals surface area (Å²) in [7, 11) is 2.11. The van der Waals surface area contributed by atoms with E-state index in [1.54, 1.807) is 6.07 Å². The molecule has 4 rings (SSSR count). The second kappa shape index (κ2) is 10.7. The number of nitrogens with zero attached hydrogens (tertiary/aromatic N) is 4. The topological polar surface area (TPSA) is 83.7 Å². The lowest BCUT2D eigenvalue weighted by atomic mass is 10.2. The summed E-state index contributed by atoms with van der Waals surface area (Å²) in [6, 6.07) is 13.1. The van der Waals surface area contributed by atoms with Crippen LogP contribution in [0.3, 0.4) is 0 Å². The van der Waals surface area contributed by atoms with Crippen molar-refractivity contribution in [3.8, 4) is 17.1 Å². The number of aryl methyl sites for hydroxylation is 1. The number of benzene rings is 2. The number of rotatable bonds is 8. The van der Waals surface area contributed by atoms with Gasteiger partial charge in [-0.2, -0.15) is 4.98 Å². The van der Waals surface area contributed by atoms with Crippen molar-refractivity contribution in [2.45, 2.75) is 19.8 Å². The second-order valence-corrected chi connectivity index (χ2v) is 8.41. The molecule has 2 aromatic carbocycles. The van der Waals surface area contributed by atoms with Gasteiger partial charge in [0.05, 0.1) is 18.0 Å². The lowest BCUT2D eigenvalue weighted by Gasteiger charge is -2.35. The van der Waals surface area contributed by atoms with E-state index in [4.69, 9.17) is 20.9 Å². The lowest BCUT2D eigenvalue weighted by molar-refractivity contribution is -0.116. The predicted molar refractivity (Wildman–Crippen MR) is 129 cm³/mol. The smallest absolute Gasteiger partial charge is 0.227 e. The molecule has 3 aromatic rings. The summed E-state index contributed by atoms with van der Waals surface area (Å²) in [6.45, 7) is 6.30. The van der Waals surface area contributed by atoms with Gasteiger partial charge in [-0.1, -0.05) is 16.8 Å². The summed E-state index contributed by atoms with van der Waals surface area (Å²) >= 11 is 6.20. The average Bonchev–Trinajstić information content (AvgIpc) is 3.29. The van der Waals surface area contributed by atoms with Crippen LogP contribution in [-0.2, 0) is 11.2 Å². The van der Waals surface area contributed by atoms with Crippen LogP contribution >= 0.6 is 11.6 Å². The van der Waals surface area contributed by atoms with Gasteiger partial charge in [0.1, 0.15) is 5.75 Å². The fourth-order valence-corrected chi connectivity index (χ4v) is 3.88. The fraction of sp³-hybridized carbons (Fsp3) is 0.375. The number of hydrogen-bond donors (Lipinski definition) is 1. The molecule has 0 aliphatic carbocycles. The number of carbonyl (C=O) groups is 1. The van der Waals surface area contributed by atoms with Gasteiger partial charge >= 0.3 is 0 Å². The third-order valence-electron chi connectivity index (χ3n) is 5.53. The fourth-order valence-electron chi connectivity index (χ4n) is 3.71. The molecule has 0 bridgehead atoms. The highest BCUT2D eigenvalue weighted by Crippen LogP contribution is 2.30. The van der Waals surface area contributed by atoms with Gasteiger partial charge in [0.15, 0.2) is 0 Å². The van der Waals surface area contributed by atoms with Gasteiger partial charge in [-0.05, 0) is 56.4 Å². The van der Waals surface area contributed by atoms with Crippen LogP contribution in [0.5, 0.6) is 5.75 Å². The normalized spacial score (nSPS) is 14.3. The second-order valence-electron chi connectivity index (χ2n) is 7.97. The van der Waals surface area contributed by atoms with Crippen molar-refractivity contribution in [1.29, 1.82) is 0 Å². The number of likely N-dealkylation sites (N-methyl/N-ethyl adjacent to an activating group) is 1. The highest BCUT2D eigenvalue weighted by Gasteiger charge is 2.19. The van der Waals surface area contributed by atoms with Crippen LogP contribution in [-0.4, -0.2) is 60.8 Å². The van der Waals surface area contributed by atoms with Gasteiger partial charge in [0.25, 0.3) is 0 Å². The summed E-state index contributed by atoms with van der Waals surface area (Å²) in [4.78, 5) is 21.6. The Hall–Kier alpha value is -3.10. The summed E-state index contributed by atoms with van der Waals surface area (Å²) in [5.41, 5.74) is 2.53. The van der Waals surface area contributed by atoms with Crippen molar-refractivity contribution in [3.05, 3.63) is 53.4 Å². The number of carbonyl (C=O) groups excluding carboxylic acids is 1. The summed E-state index contributed by atoms with van der Waals surface area (Å²) < 4.78 is 10.8. The van der Waals surface area contributed by atoms with Crippen LogP contribution in [0.25, 0.3) is 11.4 Å². The molecule has 9 heteroatoms. The van der Waals surface area contributed by atoms with Gasteiger partial charge in [0.2, 0.25) is 17.6 Å². The van der Waals surface area contributed by atoms with Crippen molar-refractivity contribution in [2.75, 3.05) is 50.1 Å². The first-order valence-corrected chi connectivity index (χ1v) is 11.5. The van der Waals surface area contributed by atoms with E-state index in [1.807, 2.05) is 43.3 Å². The Morgan fingerprint density at radius 2 is 1.91 bits per heavy atom. The van der Waals surface area contributed by atoms with E-state index in [9.17, 15) is 4.79 Å². The minimum Gasteiger partial charge on any atom is -0.494 e. The van der Waals surface area contributed by atoms with E-state index >= 15 is 0 Å². The first-order chi connectivity index (χ1) is 16.0. The summed E-state index contributed by atoms with van der Waals surface area (Å²) in [5, 5.41) is 7.62. The molecule has 0 spiro atoms. The van der Waals surface area contributed by atoms with Gasteiger partial charge in [-0.3, -0.25) is 4.79 Å². The average molecular weight is 470 g/mol. The monoisotopic (exact) mass is 469 g/mol. The number of anilines is 2. The Balaban J connectivity index is 1.36. The third kappa shape index (κ3) is 6.03. The van der Waals surface area contributed by atoms with Gasteiger partial charge in [-0.15, -0.1) is 0 Å². The van der Waals surface area contributed by atoms with E-state index in [0.29, 0.717) is 29.8 Å². The van der Waals surface area contributed by atoms with Gasteiger partial charge < -0.3 is 24.4 Å². The van der Waals surface area contributed by atoms with Crippen LogP contribution < -0.4 is 15.0 Å². The molecular weight excluding hydrogens is 442 g/mol. The van der Waals surface area contributed by atoms with Crippen LogP contribution in [0.2, 0.25) is 5.02 Å². The Morgan fingerprint density at radius 1 is 1.15 bits per heavy atom. The van der Waals surface area contributed by atoms with E-state index in [0.717, 1.165) is 48.9 Å². The zero-order valence-corrected chi connectivity index (χ0v) is 19.6. The summed E-state index contributed by atoms with van der Waals surface area (Å²) in [5.74, 6) is 1.56. The zero-order valence-electron chi connectivity index (χ0n) is 18.9. The SMILES string of the molecule is CCOc1ccc(-c2noc(CCC(=O)Nc3cc(Cl)ccc3N3CCN(C)CC3)n2)cc1. The largest absolute Gasteiger partial charge is 0.494 e. The number of piperazine rings is 1. The van der Waals surface area contributed by atoms with E-state index < -0.39 is 0 Å². The molecular formula is C24H28ClN5O3. The first-order valence-electron chi connectivity index (χ1n) is 11.1. The predicted octanol–water partition coefficient (Wildman–Crippen LogP) is 4.11. The van der Waals surface area contributed by atoms with Crippen LogP contribution in [0.1, 0.15) is 19.2 Å². The minimum absolute atomic E-state index is 0.131. The number of nitrogens with one attached hydrogen (secondary N) is 1. The molecule has 33 heavy (non-hydrogen) atoms. The van der Waals surface area contributed by atoms with E-state index in [1.165, 1.54) is 0 Å². The Morgan fingerprint density at radius 3 is 2.64 bits per heavy atom. The number of halogens is 1. The van der Waals surface area contributed by atoms with E-state index in [-0.39, 0.29) is 12.3 Å². The number of aromatic nitrogens is 2. The zero-order chi connectivity index (χ0) is 23.2. The molecule has 1 amide bonds. The number of hydrogen-bond acceptors (Lipinski definition) is 7. The van der Waals surface area contributed by atoms with Gasteiger partial charge in [-0.25, -0.2) is 0 Å². The van der Waals surface area contributed by atoms with Crippen molar-refractivity contribution in [3.63, 3.8) is 0 Å². The van der Waals surface area contributed by atoms with Crippen molar-refractivity contribution in [1.82, 2.24) is 15.0 Å². The Kier molecular flexibility index (Phi) is 7.47.